The van der Waals surface area contributed by atoms with E-state index in [1.54, 1.807) is 6.07 Å². The first kappa shape index (κ1) is 8.12. The van der Waals surface area contributed by atoms with Gasteiger partial charge in [0.1, 0.15) is 11.5 Å². The summed E-state index contributed by atoms with van der Waals surface area (Å²) in [5.41, 5.74) is 0. The van der Waals surface area contributed by atoms with Gasteiger partial charge >= 0.3 is 0 Å². The van der Waals surface area contributed by atoms with Crippen molar-refractivity contribution in [1.29, 1.82) is 0 Å². The number of hydrogen-bond acceptors (Lipinski definition) is 3. The van der Waals surface area contributed by atoms with Gasteiger partial charge in [0.25, 0.3) is 0 Å². The van der Waals surface area contributed by atoms with Gasteiger partial charge in [0.05, 0.1) is 8.27 Å². The zero-order valence-electron chi connectivity index (χ0n) is 5.91. The van der Waals surface area contributed by atoms with Crippen LogP contribution in [0.2, 0.25) is 0 Å². The molecule has 2 rings (SSSR count). The second-order valence-corrected chi connectivity index (χ2v) is 4.39. The van der Waals surface area contributed by atoms with Crippen LogP contribution in [0.5, 0.6) is 11.5 Å². The summed E-state index contributed by atoms with van der Waals surface area (Å²) in [6.07, 6.45) is 0. The first-order chi connectivity index (χ1) is 5.70. The molecule has 2 aromatic rings. The molecule has 2 N–H and O–H groups in total. The van der Waals surface area contributed by atoms with Crippen molar-refractivity contribution in [3.05, 3.63) is 21.1 Å². The van der Waals surface area contributed by atoms with E-state index in [2.05, 4.69) is 0 Å². The minimum Gasteiger partial charge on any atom is -0.507 e. The fourth-order valence-electron chi connectivity index (χ4n) is 1.06. The number of benzene rings is 1. The van der Waals surface area contributed by atoms with E-state index in [0.29, 0.717) is 3.57 Å². The van der Waals surface area contributed by atoms with Gasteiger partial charge in [-0.1, -0.05) is 0 Å². The third kappa shape index (κ3) is 1.06. The number of fused-ring (bicyclic) bond motifs is 1. The Morgan fingerprint density at radius 1 is 1.33 bits per heavy atom. The Hall–Kier alpha value is -0.490. The Morgan fingerprint density at radius 3 is 2.83 bits per heavy atom. The Bertz CT molecular complexity index is 436. The number of phenolic OH excluding ortho intramolecular Hbond substituents is 2. The molecule has 0 aliphatic heterocycles. The monoisotopic (exact) mass is 292 g/mol. The van der Waals surface area contributed by atoms with Crippen molar-refractivity contribution in [2.45, 2.75) is 0 Å². The minimum absolute atomic E-state index is 0.138. The van der Waals surface area contributed by atoms with Gasteiger partial charge in [0.2, 0.25) is 0 Å². The molecule has 62 valence electrons. The van der Waals surface area contributed by atoms with E-state index in [1.807, 2.05) is 34.0 Å². The SMILES string of the molecule is Oc1cc2ccsc2c(O)c1I. The van der Waals surface area contributed by atoms with Crippen LogP contribution in [-0.2, 0) is 0 Å². The molecule has 12 heavy (non-hydrogen) atoms. The summed E-state index contributed by atoms with van der Waals surface area (Å²) in [6, 6.07) is 3.53. The number of hydrogen-bond donors (Lipinski definition) is 2. The summed E-state index contributed by atoms with van der Waals surface area (Å²) in [4.78, 5) is 0. The Labute approximate surface area is 86.6 Å². The maximum atomic E-state index is 9.57. The van der Waals surface area contributed by atoms with E-state index < -0.39 is 0 Å². The summed E-state index contributed by atoms with van der Waals surface area (Å²) in [5.74, 6) is 0.319. The van der Waals surface area contributed by atoms with Crippen LogP contribution in [0.15, 0.2) is 17.5 Å². The molecule has 0 aliphatic rings. The van der Waals surface area contributed by atoms with Crippen LogP contribution in [0.1, 0.15) is 0 Å². The van der Waals surface area contributed by atoms with Crippen LogP contribution in [-0.4, -0.2) is 10.2 Å². The second-order valence-electron chi connectivity index (χ2n) is 2.40. The molecular weight excluding hydrogens is 287 g/mol. The molecule has 1 aromatic heterocycles. The lowest BCUT2D eigenvalue weighted by molar-refractivity contribution is 0.449. The van der Waals surface area contributed by atoms with Crippen LogP contribution < -0.4 is 0 Å². The Kier molecular flexibility index (Phi) is 1.88. The quantitative estimate of drug-likeness (QED) is 0.733. The zero-order valence-corrected chi connectivity index (χ0v) is 8.89. The number of rotatable bonds is 0. The standard InChI is InChI=1S/C8H5IO2S/c9-6-5(10)3-4-1-2-12-8(4)7(6)11/h1-3,10-11H. The highest BCUT2D eigenvalue weighted by Crippen LogP contribution is 2.38. The molecule has 0 atom stereocenters. The van der Waals surface area contributed by atoms with Gasteiger partial charge in [-0.15, -0.1) is 11.3 Å². The molecule has 1 heterocycles. The highest BCUT2D eigenvalue weighted by atomic mass is 127. The summed E-state index contributed by atoms with van der Waals surface area (Å²) < 4.78 is 1.35. The smallest absolute Gasteiger partial charge is 0.150 e. The molecule has 0 amide bonds. The third-order valence-electron chi connectivity index (χ3n) is 1.64. The van der Waals surface area contributed by atoms with Gasteiger partial charge in [0.15, 0.2) is 0 Å². The average Bonchev–Trinajstić information content (AvgIpc) is 2.48. The van der Waals surface area contributed by atoms with E-state index >= 15 is 0 Å². The zero-order chi connectivity index (χ0) is 8.72. The summed E-state index contributed by atoms with van der Waals surface area (Å²) in [6.45, 7) is 0. The average molecular weight is 292 g/mol. The van der Waals surface area contributed by atoms with Crippen molar-refractivity contribution in [1.82, 2.24) is 0 Å². The summed E-state index contributed by atoms with van der Waals surface area (Å²) in [7, 11) is 0. The van der Waals surface area contributed by atoms with Gasteiger partial charge in [-0.25, -0.2) is 0 Å². The fourth-order valence-corrected chi connectivity index (χ4v) is 2.49. The van der Waals surface area contributed by atoms with Crippen molar-refractivity contribution < 1.29 is 10.2 Å². The molecule has 0 unspecified atom stereocenters. The van der Waals surface area contributed by atoms with E-state index in [0.717, 1.165) is 10.1 Å². The third-order valence-corrected chi connectivity index (χ3v) is 3.64. The molecule has 0 radical (unpaired) electrons. The Balaban J connectivity index is 2.94. The molecule has 0 saturated carbocycles. The first-order valence-corrected chi connectivity index (χ1v) is 5.23. The van der Waals surface area contributed by atoms with Crippen molar-refractivity contribution in [2.24, 2.45) is 0 Å². The van der Waals surface area contributed by atoms with Gasteiger partial charge < -0.3 is 10.2 Å². The highest BCUT2D eigenvalue weighted by molar-refractivity contribution is 14.1. The van der Waals surface area contributed by atoms with Crippen LogP contribution in [0.4, 0.5) is 0 Å². The van der Waals surface area contributed by atoms with Crippen LogP contribution >= 0.6 is 33.9 Å². The lowest BCUT2D eigenvalue weighted by Crippen LogP contribution is -1.75. The molecule has 0 bridgehead atoms. The predicted molar refractivity (Wildman–Crippen MR) is 57.9 cm³/mol. The number of halogens is 1. The molecule has 1 aromatic carbocycles. The maximum Gasteiger partial charge on any atom is 0.150 e. The van der Waals surface area contributed by atoms with Gasteiger partial charge in [0, 0.05) is 0 Å². The summed E-state index contributed by atoms with van der Waals surface area (Å²) >= 11 is 3.39. The number of phenols is 2. The van der Waals surface area contributed by atoms with Gasteiger partial charge in [-0.2, -0.15) is 0 Å². The van der Waals surface area contributed by atoms with E-state index in [9.17, 15) is 10.2 Å². The molecule has 0 fully saturated rings. The maximum absolute atomic E-state index is 9.57. The van der Waals surface area contributed by atoms with Crippen LogP contribution in [0.3, 0.4) is 0 Å². The molecule has 2 nitrogen and oxygen atoms in total. The number of aromatic hydroxyl groups is 2. The van der Waals surface area contributed by atoms with Crippen molar-refractivity contribution in [3.8, 4) is 11.5 Å². The number of thiophene rings is 1. The van der Waals surface area contributed by atoms with E-state index in [-0.39, 0.29) is 11.5 Å². The lowest BCUT2D eigenvalue weighted by atomic mass is 10.2. The first-order valence-electron chi connectivity index (χ1n) is 3.28. The highest BCUT2D eigenvalue weighted by Gasteiger charge is 2.09. The topological polar surface area (TPSA) is 40.5 Å². The molecular formula is C8H5IO2S. The van der Waals surface area contributed by atoms with Crippen molar-refractivity contribution in [3.63, 3.8) is 0 Å². The van der Waals surface area contributed by atoms with E-state index in [1.165, 1.54) is 11.3 Å². The lowest BCUT2D eigenvalue weighted by Gasteiger charge is -2.00. The van der Waals surface area contributed by atoms with Crippen molar-refractivity contribution >= 4 is 44.0 Å². The predicted octanol–water partition coefficient (Wildman–Crippen LogP) is 2.92. The van der Waals surface area contributed by atoms with Gasteiger partial charge in [-0.05, 0) is 45.5 Å². The largest absolute Gasteiger partial charge is 0.507 e. The molecule has 4 heteroatoms. The molecule has 0 saturated heterocycles. The summed E-state index contributed by atoms with van der Waals surface area (Å²) in [5, 5.41) is 21.7. The Morgan fingerprint density at radius 2 is 2.08 bits per heavy atom. The second kappa shape index (κ2) is 2.77. The minimum atomic E-state index is 0.138. The van der Waals surface area contributed by atoms with Crippen LogP contribution in [0.25, 0.3) is 10.1 Å². The normalized spacial score (nSPS) is 10.8. The van der Waals surface area contributed by atoms with Crippen molar-refractivity contribution in [2.75, 3.05) is 0 Å². The molecule has 0 aliphatic carbocycles. The molecule has 0 spiro atoms. The van der Waals surface area contributed by atoms with Gasteiger partial charge in [-0.3, -0.25) is 0 Å². The van der Waals surface area contributed by atoms with E-state index in [4.69, 9.17) is 0 Å². The van der Waals surface area contributed by atoms with Crippen LogP contribution in [0, 0.1) is 3.57 Å². The fraction of sp³-hybridized carbons (Fsp3) is 0.